The summed E-state index contributed by atoms with van der Waals surface area (Å²) in [5, 5.41) is 11.4. The molecule has 15 heteroatoms. The van der Waals surface area contributed by atoms with E-state index in [0.29, 0.717) is 19.6 Å². The Labute approximate surface area is 249 Å². The monoisotopic (exact) mass is 569 g/mol. The molecule has 0 aliphatic carbocycles. The van der Waals surface area contributed by atoms with Crippen molar-refractivity contribution in [3.63, 3.8) is 0 Å². The number of carbonyl (C=O) groups is 4. The van der Waals surface area contributed by atoms with Crippen LogP contribution in [0.4, 0.5) is 0 Å². The third-order valence-corrected chi connectivity index (χ3v) is 3.53. The summed E-state index contributed by atoms with van der Waals surface area (Å²) in [6.45, 7) is 8.00. The van der Waals surface area contributed by atoms with Crippen LogP contribution < -0.4 is 58.1 Å². The van der Waals surface area contributed by atoms with Gasteiger partial charge in [-0.25, -0.2) is 19.6 Å². The molecule has 0 aromatic rings. The minimum atomic E-state index is -1.08. The van der Waals surface area contributed by atoms with E-state index in [9.17, 15) is 14.4 Å². The van der Waals surface area contributed by atoms with Gasteiger partial charge in [0.2, 0.25) is 5.91 Å². The second kappa shape index (κ2) is 31.8. The number of ether oxygens (including phenoxy) is 2. The summed E-state index contributed by atoms with van der Waals surface area (Å²) in [5.74, 6) is -1.75. The van der Waals surface area contributed by atoms with Gasteiger partial charge in [-0.05, 0) is 40.9 Å². The molecule has 2 saturated heterocycles. The van der Waals surface area contributed by atoms with Crippen molar-refractivity contribution in [2.45, 2.75) is 59.5 Å². The topological polar surface area (TPSA) is 177 Å². The molecule has 208 valence electrons. The van der Waals surface area contributed by atoms with Crippen molar-refractivity contribution >= 4 is 42.2 Å². The van der Waals surface area contributed by atoms with Crippen LogP contribution in [-0.4, -0.2) is 93.8 Å². The third-order valence-electron chi connectivity index (χ3n) is 3.53. The van der Waals surface area contributed by atoms with Crippen molar-refractivity contribution in [1.29, 1.82) is 0 Å². The van der Waals surface area contributed by atoms with Crippen LogP contribution in [0.15, 0.2) is 9.98 Å². The maximum atomic E-state index is 10.7. The Morgan fingerprint density at radius 1 is 1.14 bits per heavy atom. The summed E-state index contributed by atoms with van der Waals surface area (Å²) in [6.07, 6.45) is 2.47. The molecule has 0 bridgehead atoms. The standard InChI is InChI=1S/C8H17N3.C6H9NO3.C4H7NO2.C2H4O2.CH4.2ClH.Na/c1-4-9-8-10-6-5-7-11(2)3;1-4(8)7-5-2-3-10-6(5)9;5-3-1-2-7-4(3)6;1-2(3)4;;;;/h4-7H2,1-3H3;5H,2-3H2,1H3,(H,7,8);3H,1-2,5H2;1H3,(H,3,4);1H4;2*1H;/q;;;;;;;+1/p-1/t;5-;3-;;;;;/m.00...../s1. The van der Waals surface area contributed by atoms with Crippen LogP contribution in [0, 0.1) is 0 Å². The first-order valence-corrected chi connectivity index (χ1v) is 10.3. The molecular weight excluding hydrogens is 528 g/mol. The molecular formula is C21H42Cl2N5NaO7. The molecule has 2 rings (SSSR count). The SMILES string of the molecule is C.CC(=O)N[C@H]1CCOC1=O.CC(=O)[O-].CCN=C=NCCCN(C)C.Cl.[Cl-].[NH3+][C@H]1CCOC1=O.[Na+]. The first-order chi connectivity index (χ1) is 15.0. The molecule has 36 heavy (non-hydrogen) atoms. The van der Waals surface area contributed by atoms with E-state index in [1.807, 2.05) is 6.92 Å². The molecule has 0 spiro atoms. The second-order valence-corrected chi connectivity index (χ2v) is 6.97. The zero-order valence-corrected chi connectivity index (χ0v) is 25.1. The Bertz CT molecular complexity index is 648. The molecule has 0 saturated carbocycles. The van der Waals surface area contributed by atoms with Crippen LogP contribution in [0.25, 0.3) is 0 Å². The quantitative estimate of drug-likeness (QED) is 0.137. The summed E-state index contributed by atoms with van der Waals surface area (Å²) >= 11 is 0. The minimum absolute atomic E-state index is 0. The van der Waals surface area contributed by atoms with Gasteiger partial charge >= 0.3 is 41.5 Å². The fourth-order valence-electron chi connectivity index (χ4n) is 2.05. The van der Waals surface area contributed by atoms with E-state index >= 15 is 0 Å². The van der Waals surface area contributed by atoms with Crippen LogP contribution >= 0.6 is 12.4 Å². The number of aliphatic imine (C=N–C) groups is 2. The Balaban J connectivity index is -0.0000000840. The molecule has 0 aromatic carbocycles. The van der Waals surface area contributed by atoms with Gasteiger partial charge < -0.3 is 47.7 Å². The second-order valence-electron chi connectivity index (χ2n) is 6.97. The number of esters is 2. The first-order valence-electron chi connectivity index (χ1n) is 10.3. The summed E-state index contributed by atoms with van der Waals surface area (Å²) in [7, 11) is 4.12. The fraction of sp³-hybridized carbons (Fsp3) is 0.762. The van der Waals surface area contributed by atoms with Crippen LogP contribution in [0.2, 0.25) is 0 Å². The van der Waals surface area contributed by atoms with Crippen molar-refractivity contribution in [3.05, 3.63) is 0 Å². The van der Waals surface area contributed by atoms with Crippen molar-refractivity contribution in [2.75, 3.05) is 46.9 Å². The molecule has 4 N–H and O–H groups in total. The Morgan fingerprint density at radius 2 is 1.64 bits per heavy atom. The van der Waals surface area contributed by atoms with Crippen molar-refractivity contribution in [2.24, 2.45) is 9.98 Å². The van der Waals surface area contributed by atoms with E-state index in [1.54, 1.807) is 0 Å². The van der Waals surface area contributed by atoms with Gasteiger partial charge in [0.15, 0.2) is 6.04 Å². The van der Waals surface area contributed by atoms with E-state index in [2.05, 4.69) is 55.5 Å². The maximum absolute atomic E-state index is 10.7. The fourth-order valence-corrected chi connectivity index (χ4v) is 2.05. The van der Waals surface area contributed by atoms with Gasteiger partial charge in [0, 0.05) is 32.3 Å². The van der Waals surface area contributed by atoms with Crippen molar-refractivity contribution in [1.82, 2.24) is 10.2 Å². The number of rotatable bonds is 6. The number of hydrogen-bond acceptors (Lipinski definition) is 10. The number of aliphatic carboxylic acids is 1. The molecule has 1 amide bonds. The van der Waals surface area contributed by atoms with E-state index < -0.39 is 12.0 Å². The van der Waals surface area contributed by atoms with Gasteiger partial charge in [0.25, 0.3) is 0 Å². The van der Waals surface area contributed by atoms with Crippen LogP contribution in [0.5, 0.6) is 0 Å². The molecule has 2 fully saturated rings. The third kappa shape index (κ3) is 34.9. The number of hydrogen-bond donors (Lipinski definition) is 2. The normalized spacial score (nSPS) is 16.2. The van der Waals surface area contributed by atoms with Gasteiger partial charge in [-0.2, -0.15) is 0 Å². The van der Waals surface area contributed by atoms with Gasteiger partial charge in [-0.1, -0.05) is 7.43 Å². The molecule has 2 atom stereocenters. The Hall–Kier alpha value is -1.24. The predicted molar refractivity (Wildman–Crippen MR) is 129 cm³/mol. The molecule has 2 aliphatic rings. The molecule has 2 heterocycles. The number of carboxylic acids is 1. The largest absolute Gasteiger partial charge is 1.00 e. The molecule has 0 aromatic heterocycles. The molecule has 0 unspecified atom stereocenters. The number of carbonyl (C=O) groups excluding carboxylic acids is 4. The summed E-state index contributed by atoms with van der Waals surface area (Å²) in [5.41, 5.74) is 3.54. The predicted octanol–water partition coefficient (Wildman–Crippen LogP) is -7.06. The van der Waals surface area contributed by atoms with Gasteiger partial charge in [-0.3, -0.25) is 4.79 Å². The summed E-state index contributed by atoms with van der Waals surface area (Å²) in [4.78, 5) is 50.3. The van der Waals surface area contributed by atoms with Crippen LogP contribution in [0.3, 0.4) is 0 Å². The number of quaternary nitrogens is 1. The average molecular weight is 570 g/mol. The Morgan fingerprint density at radius 3 is 1.94 bits per heavy atom. The Kier molecular flexibility index (Phi) is 42.3. The summed E-state index contributed by atoms with van der Waals surface area (Å²) < 4.78 is 9.18. The number of carboxylic acid groups (broad SMARTS) is 1. The van der Waals surface area contributed by atoms with Crippen LogP contribution in [-0.2, 0) is 28.7 Å². The van der Waals surface area contributed by atoms with E-state index in [1.165, 1.54) is 6.92 Å². The van der Waals surface area contributed by atoms with Crippen molar-refractivity contribution in [3.8, 4) is 0 Å². The average Bonchev–Trinajstić information content (AvgIpc) is 3.26. The van der Waals surface area contributed by atoms with E-state index in [4.69, 9.17) is 9.90 Å². The number of cyclic esters (lactones) is 2. The van der Waals surface area contributed by atoms with Crippen LogP contribution in [0.1, 0.15) is 47.5 Å². The number of halogens is 2. The minimum Gasteiger partial charge on any atom is -1.00 e. The van der Waals surface area contributed by atoms with Gasteiger partial charge in [0.05, 0.1) is 25.8 Å². The number of amides is 1. The molecule has 2 aliphatic heterocycles. The smallest absolute Gasteiger partial charge is 1.00 e. The first kappa shape index (κ1) is 47.9. The zero-order chi connectivity index (χ0) is 24.9. The van der Waals surface area contributed by atoms with Crippen molar-refractivity contribution < 1.29 is 81.5 Å². The maximum Gasteiger partial charge on any atom is 1.00 e. The van der Waals surface area contributed by atoms with Gasteiger partial charge in [-0.15, -0.1) is 12.4 Å². The number of nitrogens with zero attached hydrogens (tertiary/aromatic N) is 3. The number of nitrogens with one attached hydrogen (secondary N) is 1. The van der Waals surface area contributed by atoms with E-state index in [-0.39, 0.29) is 85.7 Å². The van der Waals surface area contributed by atoms with Gasteiger partial charge in [0.1, 0.15) is 6.04 Å². The molecule has 12 nitrogen and oxygen atoms in total. The summed E-state index contributed by atoms with van der Waals surface area (Å²) in [6, 6.07) is 2.14. The van der Waals surface area contributed by atoms with E-state index in [0.717, 1.165) is 39.4 Å². The molecule has 0 radical (unpaired) electrons. The zero-order valence-electron chi connectivity index (χ0n) is 21.5.